The summed E-state index contributed by atoms with van der Waals surface area (Å²) >= 11 is 0. The monoisotopic (exact) mass is 220 g/mol. The number of aromatic hydroxyl groups is 1. The Morgan fingerprint density at radius 1 is 1.25 bits per heavy atom. The number of hydrogen-bond acceptors (Lipinski definition) is 2. The van der Waals surface area contributed by atoms with Crippen LogP contribution >= 0.6 is 0 Å². The molecule has 0 saturated heterocycles. The minimum absolute atomic E-state index is 0.0533. The predicted molar refractivity (Wildman–Crippen MR) is 65.3 cm³/mol. The maximum atomic E-state index is 10.3. The van der Waals surface area contributed by atoms with Gasteiger partial charge >= 0.3 is 0 Å². The first-order valence-corrected chi connectivity index (χ1v) is 5.85. The van der Waals surface area contributed by atoms with Crippen LogP contribution in [0.2, 0.25) is 0 Å². The molecule has 1 fully saturated rings. The molecule has 2 rings (SSSR count). The molecule has 0 aliphatic heterocycles. The van der Waals surface area contributed by atoms with Crippen LogP contribution in [-0.2, 0) is 5.41 Å². The summed E-state index contributed by atoms with van der Waals surface area (Å²) in [5.74, 6) is 1.86. The smallest absolute Gasteiger partial charge is 0.123 e. The molecule has 0 bridgehead atoms. The lowest BCUT2D eigenvalue weighted by Crippen LogP contribution is -2.12. The van der Waals surface area contributed by atoms with Crippen LogP contribution in [0.1, 0.15) is 50.7 Å². The molecule has 1 aromatic rings. The summed E-state index contributed by atoms with van der Waals surface area (Å²) in [7, 11) is 1.68. The lowest BCUT2D eigenvalue weighted by molar-refractivity contribution is 0.403. The number of methoxy groups -OCH3 is 1. The van der Waals surface area contributed by atoms with E-state index in [0.717, 1.165) is 16.9 Å². The van der Waals surface area contributed by atoms with Gasteiger partial charge in [-0.1, -0.05) is 20.8 Å². The van der Waals surface area contributed by atoms with E-state index >= 15 is 0 Å². The van der Waals surface area contributed by atoms with Crippen LogP contribution in [0.4, 0.5) is 0 Å². The molecule has 2 heteroatoms. The topological polar surface area (TPSA) is 29.5 Å². The Bertz CT molecular complexity index is 398. The van der Waals surface area contributed by atoms with Crippen molar-refractivity contribution in [2.24, 2.45) is 0 Å². The van der Waals surface area contributed by atoms with Gasteiger partial charge in [0.1, 0.15) is 11.5 Å². The summed E-state index contributed by atoms with van der Waals surface area (Å²) in [5.41, 5.74) is 1.99. The van der Waals surface area contributed by atoms with Gasteiger partial charge < -0.3 is 9.84 Å². The molecule has 0 spiro atoms. The first-order valence-electron chi connectivity index (χ1n) is 5.85. The number of phenols is 1. The average molecular weight is 220 g/mol. The van der Waals surface area contributed by atoms with Gasteiger partial charge in [0, 0.05) is 11.1 Å². The summed E-state index contributed by atoms with van der Waals surface area (Å²) in [4.78, 5) is 0. The minimum atomic E-state index is -0.0533. The zero-order valence-electron chi connectivity index (χ0n) is 10.5. The third-order valence-electron chi connectivity index (χ3n) is 3.17. The second-order valence-corrected chi connectivity index (χ2v) is 5.64. The molecule has 16 heavy (non-hydrogen) atoms. The maximum absolute atomic E-state index is 10.3. The fourth-order valence-electron chi connectivity index (χ4n) is 2.02. The van der Waals surface area contributed by atoms with Crippen molar-refractivity contribution in [2.75, 3.05) is 7.11 Å². The van der Waals surface area contributed by atoms with Crippen LogP contribution in [0.15, 0.2) is 12.1 Å². The normalized spacial score (nSPS) is 16.2. The molecule has 0 radical (unpaired) electrons. The molecular weight excluding hydrogens is 200 g/mol. The van der Waals surface area contributed by atoms with E-state index < -0.39 is 0 Å². The lowest BCUT2D eigenvalue weighted by atomic mass is 9.84. The van der Waals surface area contributed by atoms with Crippen molar-refractivity contribution >= 4 is 0 Å². The quantitative estimate of drug-likeness (QED) is 0.825. The molecule has 1 aliphatic rings. The van der Waals surface area contributed by atoms with E-state index in [1.165, 1.54) is 12.8 Å². The fourth-order valence-corrected chi connectivity index (χ4v) is 2.02. The summed E-state index contributed by atoms with van der Waals surface area (Å²) in [6.45, 7) is 6.33. The maximum Gasteiger partial charge on any atom is 0.123 e. The highest BCUT2D eigenvalue weighted by atomic mass is 16.5. The van der Waals surface area contributed by atoms with Crippen LogP contribution in [0, 0.1) is 0 Å². The van der Waals surface area contributed by atoms with Crippen molar-refractivity contribution in [3.63, 3.8) is 0 Å². The fraction of sp³-hybridized carbons (Fsp3) is 0.571. The SMILES string of the molecule is COc1cc(C2CC2)c(O)c(C(C)(C)C)c1. The van der Waals surface area contributed by atoms with Gasteiger partial charge in [-0.05, 0) is 36.3 Å². The van der Waals surface area contributed by atoms with Crippen LogP contribution in [0.5, 0.6) is 11.5 Å². The Hall–Kier alpha value is -1.18. The van der Waals surface area contributed by atoms with E-state index in [0.29, 0.717) is 11.7 Å². The van der Waals surface area contributed by atoms with E-state index in [-0.39, 0.29) is 5.41 Å². The number of phenolic OH excluding ortho intramolecular Hbond substituents is 1. The van der Waals surface area contributed by atoms with Gasteiger partial charge in [0.15, 0.2) is 0 Å². The number of benzene rings is 1. The molecule has 1 N–H and O–H groups in total. The third kappa shape index (κ3) is 2.01. The van der Waals surface area contributed by atoms with Gasteiger partial charge in [-0.2, -0.15) is 0 Å². The second kappa shape index (κ2) is 3.69. The Morgan fingerprint density at radius 3 is 2.31 bits per heavy atom. The predicted octanol–water partition coefficient (Wildman–Crippen LogP) is 3.58. The van der Waals surface area contributed by atoms with Crippen molar-refractivity contribution in [3.8, 4) is 11.5 Å². The Balaban J connectivity index is 2.54. The van der Waals surface area contributed by atoms with E-state index in [4.69, 9.17) is 4.74 Å². The molecule has 0 amide bonds. The van der Waals surface area contributed by atoms with E-state index in [1.54, 1.807) is 7.11 Å². The number of hydrogen-bond donors (Lipinski definition) is 1. The van der Waals surface area contributed by atoms with Crippen LogP contribution in [0.25, 0.3) is 0 Å². The van der Waals surface area contributed by atoms with Crippen LogP contribution < -0.4 is 4.74 Å². The van der Waals surface area contributed by atoms with Crippen molar-refractivity contribution < 1.29 is 9.84 Å². The Labute approximate surface area is 97.3 Å². The summed E-state index contributed by atoms with van der Waals surface area (Å²) in [6.07, 6.45) is 2.37. The van der Waals surface area contributed by atoms with Gasteiger partial charge in [0.25, 0.3) is 0 Å². The van der Waals surface area contributed by atoms with E-state index in [9.17, 15) is 5.11 Å². The molecule has 0 aromatic heterocycles. The average Bonchev–Trinajstić information content (AvgIpc) is 3.00. The van der Waals surface area contributed by atoms with Crippen molar-refractivity contribution in [2.45, 2.75) is 44.9 Å². The third-order valence-corrected chi connectivity index (χ3v) is 3.17. The van der Waals surface area contributed by atoms with E-state index in [1.807, 2.05) is 12.1 Å². The molecule has 0 unspecified atom stereocenters. The zero-order valence-corrected chi connectivity index (χ0v) is 10.5. The summed E-state index contributed by atoms with van der Waals surface area (Å²) < 4.78 is 5.31. The lowest BCUT2D eigenvalue weighted by Gasteiger charge is -2.23. The first kappa shape index (κ1) is 11.3. The molecule has 1 aliphatic carbocycles. The van der Waals surface area contributed by atoms with Gasteiger partial charge in [-0.15, -0.1) is 0 Å². The summed E-state index contributed by atoms with van der Waals surface area (Å²) in [5, 5.41) is 10.3. The van der Waals surface area contributed by atoms with E-state index in [2.05, 4.69) is 20.8 Å². The first-order chi connectivity index (χ1) is 7.43. The molecule has 1 saturated carbocycles. The standard InChI is InChI=1S/C14H20O2/c1-14(2,3)12-8-10(16-4)7-11(13(12)15)9-5-6-9/h7-9,15H,5-6H2,1-4H3. The van der Waals surface area contributed by atoms with Crippen molar-refractivity contribution in [3.05, 3.63) is 23.3 Å². The van der Waals surface area contributed by atoms with Gasteiger partial charge in [-0.3, -0.25) is 0 Å². The molecule has 1 aromatic carbocycles. The number of rotatable bonds is 2. The molecule has 2 nitrogen and oxygen atoms in total. The Morgan fingerprint density at radius 2 is 1.88 bits per heavy atom. The number of ether oxygens (including phenoxy) is 1. The highest BCUT2D eigenvalue weighted by molar-refractivity contribution is 5.51. The summed E-state index contributed by atoms with van der Waals surface area (Å²) in [6, 6.07) is 3.92. The zero-order chi connectivity index (χ0) is 11.9. The highest BCUT2D eigenvalue weighted by Crippen LogP contribution is 2.48. The van der Waals surface area contributed by atoms with Crippen LogP contribution in [-0.4, -0.2) is 12.2 Å². The largest absolute Gasteiger partial charge is 0.507 e. The van der Waals surface area contributed by atoms with Crippen molar-refractivity contribution in [1.82, 2.24) is 0 Å². The molecule has 0 heterocycles. The van der Waals surface area contributed by atoms with Crippen molar-refractivity contribution in [1.29, 1.82) is 0 Å². The second-order valence-electron chi connectivity index (χ2n) is 5.64. The van der Waals surface area contributed by atoms with Gasteiger partial charge in [-0.25, -0.2) is 0 Å². The van der Waals surface area contributed by atoms with Crippen LogP contribution in [0.3, 0.4) is 0 Å². The van der Waals surface area contributed by atoms with Gasteiger partial charge in [0.2, 0.25) is 0 Å². The van der Waals surface area contributed by atoms with Gasteiger partial charge in [0.05, 0.1) is 7.11 Å². The molecular formula is C14H20O2. The molecule has 88 valence electrons. The highest BCUT2D eigenvalue weighted by Gasteiger charge is 2.30. The minimum Gasteiger partial charge on any atom is -0.507 e. The Kier molecular flexibility index (Phi) is 2.61. The molecule has 0 atom stereocenters.